The van der Waals surface area contributed by atoms with Crippen molar-refractivity contribution in [3.8, 4) is 0 Å². The first kappa shape index (κ1) is 43.6. The molecule has 5 heterocycles. The van der Waals surface area contributed by atoms with Crippen molar-refractivity contribution in [1.82, 2.24) is 0 Å². The predicted molar refractivity (Wildman–Crippen MR) is 295 cm³/mol. The lowest BCUT2D eigenvalue weighted by Gasteiger charge is -2.54. The van der Waals surface area contributed by atoms with Crippen LogP contribution in [0.25, 0.3) is 21.9 Å². The van der Waals surface area contributed by atoms with Crippen molar-refractivity contribution in [3.63, 3.8) is 0 Å². The summed E-state index contributed by atoms with van der Waals surface area (Å²) in [6.45, 7) is 34.2. The van der Waals surface area contributed by atoms with Crippen LogP contribution in [-0.2, 0) is 21.7 Å². The highest BCUT2D eigenvalue weighted by Crippen LogP contribution is 2.66. The Morgan fingerprint density at radius 2 is 1.13 bits per heavy atom. The summed E-state index contributed by atoms with van der Waals surface area (Å²) in [6, 6.07) is 34.0. The topological polar surface area (TPSA) is 22.9 Å². The van der Waals surface area contributed by atoms with Gasteiger partial charge in [0, 0.05) is 55.7 Å². The molecule has 69 heavy (non-hydrogen) atoms. The second kappa shape index (κ2) is 13.7. The highest BCUT2D eigenvalue weighted by molar-refractivity contribution is 7.02. The molecule has 7 aromatic rings. The van der Waals surface area contributed by atoms with E-state index < -0.39 is 0 Å². The van der Waals surface area contributed by atoms with Gasteiger partial charge in [-0.05, 0) is 170 Å². The van der Waals surface area contributed by atoms with E-state index in [1.807, 2.05) is 0 Å². The van der Waals surface area contributed by atoms with Crippen LogP contribution in [0.3, 0.4) is 0 Å². The summed E-state index contributed by atoms with van der Waals surface area (Å²) in [4.78, 5) is 8.55. The Kier molecular flexibility index (Phi) is 8.66. The molecule has 2 aliphatic carbocycles. The number of para-hydroxylation sites is 1. The van der Waals surface area contributed by atoms with Gasteiger partial charge in [0.05, 0.1) is 16.8 Å². The van der Waals surface area contributed by atoms with E-state index in [0.717, 1.165) is 24.0 Å². The van der Waals surface area contributed by atoms with Crippen LogP contribution in [0.1, 0.15) is 165 Å². The van der Waals surface area contributed by atoms with E-state index in [4.69, 9.17) is 4.42 Å². The molecule has 0 amide bonds. The standard InChI is InChI=1S/C64H72BN3O/c1-37-31-38(2)53-57-52(37)62(12)28-18-20-30-64(62,14)68(57)50-36-43(67-47-25-23-41(59(5,6)7)34-46(47)61(11)27-17-19-29-63(61,67)13)35-49-54(50)65(53)55-48(26-24-45-44-21-15-16-22-51(44)69-58(45)55)66(49)56-39(3)32-42(33-40(56)4)60(8,9)10/h15-16,21-26,31-36H,17-20,27-30H2,1-14H3. The molecule has 4 nitrogen and oxygen atoms in total. The maximum atomic E-state index is 7.27. The van der Waals surface area contributed by atoms with Gasteiger partial charge in [-0.25, -0.2) is 0 Å². The third kappa shape index (κ3) is 5.33. The molecule has 4 atom stereocenters. The fourth-order valence-corrected chi connectivity index (χ4v) is 16.0. The molecule has 1 aromatic heterocycles. The van der Waals surface area contributed by atoms with E-state index in [9.17, 15) is 0 Å². The van der Waals surface area contributed by atoms with E-state index in [-0.39, 0.29) is 39.5 Å². The van der Waals surface area contributed by atoms with Crippen molar-refractivity contribution in [2.24, 2.45) is 0 Å². The van der Waals surface area contributed by atoms with Crippen molar-refractivity contribution < 1.29 is 4.42 Å². The number of aryl methyl sites for hydroxylation is 4. The third-order valence-corrected chi connectivity index (χ3v) is 19.9. The van der Waals surface area contributed by atoms with Crippen molar-refractivity contribution in [2.45, 2.75) is 181 Å². The molecular formula is C64H72BN3O. The minimum Gasteiger partial charge on any atom is -0.457 e. The fraction of sp³-hybridized carbons (Fsp3) is 0.438. The normalized spacial score (nSPS) is 25.5. The summed E-state index contributed by atoms with van der Waals surface area (Å²) >= 11 is 0. The van der Waals surface area contributed by atoms with E-state index >= 15 is 0 Å². The summed E-state index contributed by atoms with van der Waals surface area (Å²) < 4.78 is 7.27. The SMILES string of the molecule is Cc1cc(C)c2c3c1B1c4c(cc(N5c6ccc(C(C)(C)C)cc6C6(C)CCCCC56C)cc4N3C3(C)CCCCC23C)N(c2c(C)cc(C(C)(C)C)cc2C)c2ccc3c(oc4ccccc43)c21. The predicted octanol–water partition coefficient (Wildman–Crippen LogP) is 15.5. The Bertz CT molecular complexity index is 3390. The van der Waals surface area contributed by atoms with Gasteiger partial charge in [0.1, 0.15) is 11.2 Å². The van der Waals surface area contributed by atoms with Gasteiger partial charge >= 0.3 is 0 Å². The highest BCUT2D eigenvalue weighted by Gasteiger charge is 2.63. The van der Waals surface area contributed by atoms with Crippen LogP contribution in [0.4, 0.5) is 39.8 Å². The van der Waals surface area contributed by atoms with Crippen LogP contribution >= 0.6 is 0 Å². The second-order valence-electron chi connectivity index (χ2n) is 25.8. The number of hydrogen-bond donors (Lipinski definition) is 0. The lowest BCUT2D eigenvalue weighted by molar-refractivity contribution is 0.193. The molecule has 352 valence electrons. The van der Waals surface area contributed by atoms with E-state index in [1.165, 1.54) is 144 Å². The minimum absolute atomic E-state index is 0.00220. The molecule has 4 aliphatic heterocycles. The van der Waals surface area contributed by atoms with Gasteiger partial charge in [0.2, 0.25) is 0 Å². The Balaban J connectivity index is 1.20. The highest BCUT2D eigenvalue weighted by atomic mass is 16.3. The molecule has 0 N–H and O–H groups in total. The van der Waals surface area contributed by atoms with Crippen LogP contribution in [0.5, 0.6) is 0 Å². The van der Waals surface area contributed by atoms with Crippen molar-refractivity contribution >= 4 is 84.9 Å². The summed E-state index contributed by atoms with van der Waals surface area (Å²) in [5, 5.41) is 2.39. The first-order valence-electron chi connectivity index (χ1n) is 26.6. The molecule has 0 radical (unpaired) electrons. The molecule has 6 aliphatic rings. The lowest BCUT2D eigenvalue weighted by Crippen LogP contribution is -2.65. The van der Waals surface area contributed by atoms with E-state index in [2.05, 4.69) is 197 Å². The van der Waals surface area contributed by atoms with Gasteiger partial charge in [-0.3, -0.25) is 0 Å². The number of nitrogens with zero attached hydrogens (tertiary/aromatic N) is 3. The molecule has 13 rings (SSSR count). The zero-order chi connectivity index (χ0) is 48.3. The van der Waals surface area contributed by atoms with Crippen LogP contribution < -0.4 is 31.1 Å². The molecule has 6 aromatic carbocycles. The number of hydrogen-bond acceptors (Lipinski definition) is 4. The summed E-state index contributed by atoms with van der Waals surface area (Å²) in [5.41, 5.74) is 26.8. The van der Waals surface area contributed by atoms with Crippen LogP contribution in [-0.4, -0.2) is 17.8 Å². The first-order valence-corrected chi connectivity index (χ1v) is 26.6. The molecule has 5 heteroatoms. The van der Waals surface area contributed by atoms with Crippen molar-refractivity contribution in [1.29, 1.82) is 0 Å². The Hall–Kier alpha value is -5.42. The number of rotatable bonds is 2. The van der Waals surface area contributed by atoms with Gasteiger partial charge in [-0.15, -0.1) is 0 Å². The van der Waals surface area contributed by atoms with Crippen LogP contribution in [0, 0.1) is 27.7 Å². The fourth-order valence-electron chi connectivity index (χ4n) is 16.0. The number of furan rings is 1. The quantitative estimate of drug-likeness (QED) is 0.161. The monoisotopic (exact) mass is 910 g/mol. The molecule has 4 unspecified atom stereocenters. The van der Waals surface area contributed by atoms with Gasteiger partial charge in [-0.1, -0.05) is 135 Å². The van der Waals surface area contributed by atoms with Gasteiger partial charge < -0.3 is 19.1 Å². The maximum Gasteiger partial charge on any atom is 0.257 e. The summed E-state index contributed by atoms with van der Waals surface area (Å²) in [7, 11) is 0. The molecule has 2 saturated carbocycles. The van der Waals surface area contributed by atoms with E-state index in [0.29, 0.717) is 0 Å². The summed E-state index contributed by atoms with van der Waals surface area (Å²) in [5.74, 6) is 0. The average Bonchev–Trinajstić information content (AvgIpc) is 3.84. The van der Waals surface area contributed by atoms with Crippen LogP contribution in [0.2, 0.25) is 0 Å². The van der Waals surface area contributed by atoms with Crippen LogP contribution in [0.15, 0.2) is 89.3 Å². The molecular weight excluding hydrogens is 838 g/mol. The third-order valence-electron chi connectivity index (χ3n) is 19.9. The largest absolute Gasteiger partial charge is 0.457 e. The lowest BCUT2D eigenvalue weighted by atomic mass is 9.32. The molecule has 0 spiro atoms. The molecule has 2 fully saturated rings. The first-order chi connectivity index (χ1) is 32.6. The zero-order valence-electron chi connectivity index (χ0n) is 44.1. The Morgan fingerprint density at radius 3 is 1.83 bits per heavy atom. The number of fused-ring (bicyclic) bond motifs is 14. The second-order valence-corrected chi connectivity index (χ2v) is 25.8. The Morgan fingerprint density at radius 1 is 0.507 bits per heavy atom. The number of benzene rings is 6. The summed E-state index contributed by atoms with van der Waals surface area (Å²) in [6.07, 6.45) is 9.74. The zero-order valence-corrected chi connectivity index (χ0v) is 44.1. The molecule has 0 saturated heterocycles. The van der Waals surface area contributed by atoms with Gasteiger partial charge in [0.15, 0.2) is 0 Å². The molecule has 0 bridgehead atoms. The van der Waals surface area contributed by atoms with E-state index in [1.54, 1.807) is 5.56 Å². The van der Waals surface area contributed by atoms with Gasteiger partial charge in [0.25, 0.3) is 6.71 Å². The average molecular weight is 910 g/mol. The Labute approximate surface area is 412 Å². The van der Waals surface area contributed by atoms with Gasteiger partial charge in [-0.2, -0.15) is 0 Å². The number of anilines is 7. The smallest absolute Gasteiger partial charge is 0.257 e. The van der Waals surface area contributed by atoms with Crippen molar-refractivity contribution in [2.75, 3.05) is 14.7 Å². The minimum atomic E-state index is -0.109. The van der Waals surface area contributed by atoms with Crippen molar-refractivity contribution in [3.05, 3.63) is 129 Å². The maximum absolute atomic E-state index is 7.27.